The fourth-order valence-electron chi connectivity index (χ4n) is 9.22. The Labute approximate surface area is 261 Å². The summed E-state index contributed by atoms with van der Waals surface area (Å²) in [4.78, 5) is 33.5. The minimum Gasteiger partial charge on any atom is -0.508 e. The molecule has 9 rings (SSSR count). The van der Waals surface area contributed by atoms with E-state index in [0.29, 0.717) is 36.8 Å². The number of piperazine rings is 1. The van der Waals surface area contributed by atoms with Gasteiger partial charge in [0.1, 0.15) is 24.2 Å². The van der Waals surface area contributed by atoms with Gasteiger partial charge in [0.05, 0.1) is 34.5 Å². The summed E-state index contributed by atoms with van der Waals surface area (Å²) in [6, 6.07) is 9.50. The van der Waals surface area contributed by atoms with Crippen LogP contribution >= 0.6 is 11.6 Å². The Morgan fingerprint density at radius 3 is 2.82 bits per heavy atom. The van der Waals surface area contributed by atoms with Crippen molar-refractivity contribution < 1.29 is 14.6 Å². The molecule has 4 saturated heterocycles. The van der Waals surface area contributed by atoms with Gasteiger partial charge in [0.2, 0.25) is 5.91 Å². The summed E-state index contributed by atoms with van der Waals surface area (Å²) in [7, 11) is 1.92. The van der Waals surface area contributed by atoms with E-state index < -0.39 is 0 Å². The van der Waals surface area contributed by atoms with Gasteiger partial charge in [-0.3, -0.25) is 9.69 Å². The molecule has 2 N–H and O–H groups in total. The number of aromatic hydroxyl groups is 1. The Morgan fingerprint density at radius 1 is 1.14 bits per heavy atom. The number of amides is 1. The molecule has 0 aliphatic carbocycles. The van der Waals surface area contributed by atoms with E-state index in [4.69, 9.17) is 26.3 Å². The summed E-state index contributed by atoms with van der Waals surface area (Å²) < 4.78 is 6.57. The number of carbonyl (C=O) groups is 1. The number of phenolic OH excluding ortho intramolecular Hbond substituents is 1. The van der Waals surface area contributed by atoms with Crippen molar-refractivity contribution in [3.05, 3.63) is 46.6 Å². The van der Waals surface area contributed by atoms with Crippen LogP contribution in [0.5, 0.6) is 11.8 Å². The van der Waals surface area contributed by atoms with Crippen molar-refractivity contribution in [1.82, 2.24) is 25.1 Å². The first-order valence-electron chi connectivity index (χ1n) is 16.1. The van der Waals surface area contributed by atoms with Crippen LogP contribution in [-0.4, -0.2) is 94.3 Å². The van der Waals surface area contributed by atoms with Crippen LogP contribution in [0.3, 0.4) is 0 Å². The molecule has 7 heterocycles. The molecule has 3 aromatic rings. The molecule has 2 bridgehead atoms. The molecule has 11 heteroatoms. The predicted octanol–water partition coefficient (Wildman–Crippen LogP) is 3.84. The van der Waals surface area contributed by atoms with E-state index in [2.05, 4.69) is 20.0 Å². The van der Waals surface area contributed by atoms with Crippen molar-refractivity contribution in [3.8, 4) is 11.8 Å². The minimum absolute atomic E-state index is 0.0755. The lowest BCUT2D eigenvalue weighted by molar-refractivity contribution is -0.134. The van der Waals surface area contributed by atoms with Gasteiger partial charge >= 0.3 is 6.01 Å². The van der Waals surface area contributed by atoms with Crippen molar-refractivity contribution in [2.24, 2.45) is 0 Å². The van der Waals surface area contributed by atoms with Crippen LogP contribution in [0.25, 0.3) is 10.8 Å². The second kappa shape index (κ2) is 9.83. The smallest absolute Gasteiger partial charge is 0.318 e. The summed E-state index contributed by atoms with van der Waals surface area (Å²) in [6.07, 6.45) is 6.74. The Balaban J connectivity index is 1.17. The zero-order valence-electron chi connectivity index (χ0n) is 25.0. The summed E-state index contributed by atoms with van der Waals surface area (Å²) in [6.45, 7) is 4.62. The number of likely N-dealkylation sites (N-methyl/N-ethyl adjacent to an activating group) is 1. The Kier molecular flexibility index (Phi) is 6.03. The highest BCUT2D eigenvalue weighted by molar-refractivity contribution is 6.36. The average Bonchev–Trinajstić information content (AvgIpc) is 3.70. The number of benzene rings is 2. The van der Waals surface area contributed by atoms with E-state index in [1.165, 1.54) is 12.8 Å². The first-order valence-corrected chi connectivity index (χ1v) is 16.5. The van der Waals surface area contributed by atoms with Crippen LogP contribution in [0.15, 0.2) is 30.3 Å². The van der Waals surface area contributed by atoms with E-state index in [1.54, 1.807) is 12.1 Å². The highest BCUT2D eigenvalue weighted by Gasteiger charge is 2.51. The number of fused-ring (bicyclic) bond motifs is 7. The first-order chi connectivity index (χ1) is 21.4. The lowest BCUT2D eigenvalue weighted by atomic mass is 9.95. The largest absolute Gasteiger partial charge is 0.508 e. The molecule has 4 fully saturated rings. The van der Waals surface area contributed by atoms with Gasteiger partial charge in [0.25, 0.3) is 0 Å². The standard InChI is InChI=1S/C33H38ClN7O3/c1-38-26-17-39(25-14-21(42)13-19-5-2-6-22(34)27(19)25)16-24-28(26)30(41-15-20-7-8-23(35-20)29(41)31(38)43)37-32(36-24)44-18-33-9-3-11-40(33)12-4-10-33/h2,5-6,13-14,20,23,26,29,35,42H,3-4,7-12,15-18H2,1H3. The first kappa shape index (κ1) is 27.0. The Hall–Kier alpha value is -3.34. The van der Waals surface area contributed by atoms with Crippen LogP contribution in [0.1, 0.15) is 55.8 Å². The third-order valence-corrected chi connectivity index (χ3v) is 11.6. The zero-order valence-corrected chi connectivity index (χ0v) is 25.8. The number of halogens is 1. The molecule has 1 aromatic heterocycles. The van der Waals surface area contributed by atoms with E-state index >= 15 is 0 Å². The maximum absolute atomic E-state index is 14.3. The third kappa shape index (κ3) is 3.96. The summed E-state index contributed by atoms with van der Waals surface area (Å²) in [5, 5.41) is 16.8. The summed E-state index contributed by atoms with van der Waals surface area (Å²) >= 11 is 6.77. The molecule has 230 valence electrons. The van der Waals surface area contributed by atoms with Crippen LogP contribution in [0.2, 0.25) is 5.02 Å². The fraction of sp³-hybridized carbons (Fsp3) is 0.545. The van der Waals surface area contributed by atoms with Crippen molar-refractivity contribution >= 4 is 39.8 Å². The zero-order chi connectivity index (χ0) is 29.7. The van der Waals surface area contributed by atoms with Gasteiger partial charge in [-0.25, -0.2) is 0 Å². The van der Waals surface area contributed by atoms with E-state index in [-0.39, 0.29) is 35.3 Å². The Bertz CT molecular complexity index is 1670. The molecule has 0 spiro atoms. The van der Waals surface area contributed by atoms with E-state index in [0.717, 1.165) is 78.9 Å². The summed E-state index contributed by atoms with van der Waals surface area (Å²) in [5.74, 6) is 1.13. The van der Waals surface area contributed by atoms with Gasteiger partial charge < -0.3 is 29.9 Å². The van der Waals surface area contributed by atoms with Gasteiger partial charge in [-0.2, -0.15) is 9.97 Å². The molecule has 4 unspecified atom stereocenters. The third-order valence-electron chi connectivity index (χ3n) is 11.3. The van der Waals surface area contributed by atoms with Crippen molar-refractivity contribution in [2.45, 2.75) is 74.8 Å². The van der Waals surface area contributed by atoms with Crippen LogP contribution in [-0.2, 0) is 11.3 Å². The monoisotopic (exact) mass is 615 g/mol. The molecule has 2 aromatic carbocycles. The second-order valence-electron chi connectivity index (χ2n) is 13.7. The van der Waals surface area contributed by atoms with Crippen molar-refractivity contribution in [2.75, 3.05) is 49.6 Å². The van der Waals surface area contributed by atoms with Gasteiger partial charge in [-0.1, -0.05) is 23.7 Å². The molecule has 10 nitrogen and oxygen atoms in total. The number of anilines is 2. The molecule has 6 aliphatic rings. The van der Waals surface area contributed by atoms with Gasteiger partial charge in [0.15, 0.2) is 0 Å². The quantitative estimate of drug-likeness (QED) is 0.454. The molecule has 4 atom stereocenters. The Morgan fingerprint density at radius 2 is 1.98 bits per heavy atom. The SMILES string of the molecule is CN1C(=O)C2C3CCC(CN2c2nc(OCC45CCCN4CCC5)nc4c2C1CN(c1cc(O)cc2cccc(Cl)c12)C4)N3. The molecule has 1 amide bonds. The van der Waals surface area contributed by atoms with Gasteiger partial charge in [0, 0.05) is 49.2 Å². The average molecular weight is 616 g/mol. The number of hydrogen-bond acceptors (Lipinski definition) is 9. The van der Waals surface area contributed by atoms with Crippen LogP contribution in [0.4, 0.5) is 11.5 Å². The lowest BCUT2D eigenvalue weighted by Gasteiger charge is -2.40. The van der Waals surface area contributed by atoms with E-state index in [1.807, 2.05) is 30.1 Å². The number of rotatable bonds is 4. The maximum Gasteiger partial charge on any atom is 0.318 e. The highest BCUT2D eigenvalue weighted by Crippen LogP contribution is 2.46. The second-order valence-corrected chi connectivity index (χ2v) is 14.1. The van der Waals surface area contributed by atoms with Crippen LogP contribution < -0.4 is 19.9 Å². The van der Waals surface area contributed by atoms with E-state index in [9.17, 15) is 9.90 Å². The normalized spacial score (nSPS) is 28.7. The van der Waals surface area contributed by atoms with Crippen LogP contribution in [0, 0.1) is 0 Å². The van der Waals surface area contributed by atoms with Crippen molar-refractivity contribution in [1.29, 1.82) is 0 Å². The fourth-order valence-corrected chi connectivity index (χ4v) is 9.50. The number of nitrogens with zero attached hydrogens (tertiary/aromatic N) is 6. The molecular weight excluding hydrogens is 578 g/mol. The lowest BCUT2D eigenvalue weighted by Crippen LogP contribution is -2.63. The molecule has 6 aliphatic heterocycles. The number of carbonyl (C=O) groups excluding carboxylic acids is 1. The molecule has 0 saturated carbocycles. The highest BCUT2D eigenvalue weighted by atomic mass is 35.5. The van der Waals surface area contributed by atoms with Gasteiger partial charge in [-0.05, 0) is 69.1 Å². The number of hydrogen-bond donors (Lipinski definition) is 2. The number of nitrogens with one attached hydrogen (secondary N) is 1. The number of phenols is 1. The minimum atomic E-state index is -0.320. The topological polar surface area (TPSA) is 97.3 Å². The predicted molar refractivity (Wildman–Crippen MR) is 169 cm³/mol. The van der Waals surface area contributed by atoms with Crippen molar-refractivity contribution in [3.63, 3.8) is 0 Å². The molecular formula is C33H38ClN7O3. The summed E-state index contributed by atoms with van der Waals surface area (Å²) in [5.41, 5.74) is 2.79. The maximum atomic E-state index is 14.3. The molecule has 0 radical (unpaired) electrons. The van der Waals surface area contributed by atoms with Gasteiger partial charge in [-0.15, -0.1) is 0 Å². The number of aromatic nitrogens is 2. The number of ether oxygens (including phenoxy) is 1. The molecule has 44 heavy (non-hydrogen) atoms.